The molecule has 1 atom stereocenters. The Morgan fingerprint density at radius 3 is 2.50 bits per heavy atom. The Hall–Kier alpha value is -2.82. The number of ketones is 2. The molecule has 2 aromatic carbocycles. The van der Waals surface area contributed by atoms with Crippen molar-refractivity contribution in [3.05, 3.63) is 52.6 Å². The zero-order chi connectivity index (χ0) is 16.8. The number of hydrogen-bond acceptors (Lipinski definition) is 4. The Labute approximate surface area is 137 Å². The largest absolute Gasteiger partial charge is 0.299 e. The van der Waals surface area contributed by atoms with Crippen molar-refractivity contribution in [2.45, 2.75) is 32.2 Å². The molecular formula is C19H16N2O3. The molecule has 0 spiro atoms. The highest BCUT2D eigenvalue weighted by Crippen LogP contribution is 2.25. The van der Waals surface area contributed by atoms with Gasteiger partial charge in [0, 0.05) is 6.42 Å². The molecule has 0 aliphatic heterocycles. The van der Waals surface area contributed by atoms with Crippen molar-refractivity contribution < 1.29 is 9.59 Å². The van der Waals surface area contributed by atoms with Crippen LogP contribution in [-0.2, 0) is 9.59 Å². The van der Waals surface area contributed by atoms with E-state index in [0.29, 0.717) is 29.6 Å². The molecule has 3 aromatic rings. The maximum atomic E-state index is 13.0. The highest BCUT2D eigenvalue weighted by Gasteiger charge is 2.30. The van der Waals surface area contributed by atoms with E-state index in [0.717, 1.165) is 10.8 Å². The van der Waals surface area contributed by atoms with Gasteiger partial charge in [-0.2, -0.15) is 0 Å². The Kier molecular flexibility index (Phi) is 3.30. The number of Topliss-reactive ketones (excluding diaryl/α,β-unsaturated/α-hetero) is 2. The lowest BCUT2D eigenvalue weighted by atomic mass is 9.92. The van der Waals surface area contributed by atoms with Gasteiger partial charge in [0.15, 0.2) is 5.78 Å². The molecule has 5 nitrogen and oxygen atoms in total. The van der Waals surface area contributed by atoms with Crippen LogP contribution in [0, 0.1) is 6.92 Å². The van der Waals surface area contributed by atoms with Gasteiger partial charge >= 0.3 is 0 Å². The minimum Gasteiger partial charge on any atom is -0.299 e. The van der Waals surface area contributed by atoms with Crippen molar-refractivity contribution in [2.75, 3.05) is 0 Å². The topological polar surface area (TPSA) is 69.0 Å². The van der Waals surface area contributed by atoms with Crippen LogP contribution in [0.5, 0.6) is 0 Å². The molecule has 1 aliphatic carbocycles. The fourth-order valence-electron chi connectivity index (χ4n) is 3.50. The standard InChI is InChI=1S/C19H16N2O3/c1-11-20-16-9-13-5-3-2-4-12(13)8-15(16)19(24)21(11)17-7-6-14(22)10-18(17)23/h2-5,8-9,17H,6-7,10H2,1H3. The van der Waals surface area contributed by atoms with Crippen molar-refractivity contribution in [1.82, 2.24) is 9.55 Å². The third-order valence-electron chi connectivity index (χ3n) is 4.70. The Balaban J connectivity index is 1.96. The maximum Gasteiger partial charge on any atom is 0.262 e. The van der Waals surface area contributed by atoms with Crippen LogP contribution in [0.2, 0.25) is 0 Å². The number of hydrogen-bond donors (Lipinski definition) is 0. The summed E-state index contributed by atoms with van der Waals surface area (Å²) < 4.78 is 1.46. The molecule has 0 radical (unpaired) electrons. The summed E-state index contributed by atoms with van der Waals surface area (Å²) in [5.41, 5.74) is 0.419. The van der Waals surface area contributed by atoms with Crippen LogP contribution in [0.3, 0.4) is 0 Å². The SMILES string of the molecule is Cc1nc2cc3ccccc3cc2c(=O)n1C1CCC(=O)CC1=O. The van der Waals surface area contributed by atoms with Gasteiger partial charge in [0.2, 0.25) is 0 Å². The molecule has 1 fully saturated rings. The fourth-order valence-corrected chi connectivity index (χ4v) is 3.50. The number of aromatic nitrogens is 2. The van der Waals surface area contributed by atoms with Gasteiger partial charge in [0.1, 0.15) is 11.6 Å². The first-order valence-electron chi connectivity index (χ1n) is 8.00. The lowest BCUT2D eigenvalue weighted by Crippen LogP contribution is -2.36. The Morgan fingerprint density at radius 1 is 1.08 bits per heavy atom. The Bertz CT molecular complexity index is 1070. The second-order valence-electron chi connectivity index (χ2n) is 6.29. The van der Waals surface area contributed by atoms with E-state index < -0.39 is 6.04 Å². The number of benzene rings is 2. The molecule has 4 rings (SSSR count). The molecule has 0 amide bonds. The third kappa shape index (κ3) is 2.24. The summed E-state index contributed by atoms with van der Waals surface area (Å²) in [5, 5.41) is 2.49. The molecule has 0 saturated heterocycles. The quantitative estimate of drug-likeness (QED) is 0.511. The van der Waals surface area contributed by atoms with Crippen molar-refractivity contribution in [3.8, 4) is 0 Å². The lowest BCUT2D eigenvalue weighted by Gasteiger charge is -2.24. The molecule has 0 bridgehead atoms. The van der Waals surface area contributed by atoms with Gasteiger partial charge in [-0.05, 0) is 36.2 Å². The molecular weight excluding hydrogens is 304 g/mol. The molecule has 1 aromatic heterocycles. The predicted octanol–water partition coefficient (Wildman–Crippen LogP) is 2.72. The van der Waals surface area contributed by atoms with E-state index in [2.05, 4.69) is 4.98 Å². The zero-order valence-corrected chi connectivity index (χ0v) is 13.3. The number of nitrogens with zero attached hydrogens (tertiary/aromatic N) is 2. The van der Waals surface area contributed by atoms with Crippen molar-refractivity contribution >= 4 is 33.2 Å². The highest BCUT2D eigenvalue weighted by atomic mass is 16.2. The van der Waals surface area contributed by atoms with Gasteiger partial charge in [-0.15, -0.1) is 0 Å². The van der Waals surface area contributed by atoms with Gasteiger partial charge in [0.05, 0.1) is 23.4 Å². The first-order valence-corrected chi connectivity index (χ1v) is 8.00. The number of fused-ring (bicyclic) bond motifs is 2. The van der Waals surface area contributed by atoms with Crippen molar-refractivity contribution in [3.63, 3.8) is 0 Å². The van der Waals surface area contributed by atoms with Crippen molar-refractivity contribution in [1.29, 1.82) is 0 Å². The normalized spacial score (nSPS) is 18.5. The summed E-state index contributed by atoms with van der Waals surface area (Å²) in [5.74, 6) is 0.260. The van der Waals surface area contributed by atoms with E-state index in [4.69, 9.17) is 0 Å². The number of carbonyl (C=O) groups is 2. The van der Waals surface area contributed by atoms with Crippen molar-refractivity contribution in [2.24, 2.45) is 0 Å². The van der Waals surface area contributed by atoms with Crippen LogP contribution in [0.4, 0.5) is 0 Å². The Morgan fingerprint density at radius 2 is 1.79 bits per heavy atom. The van der Waals surface area contributed by atoms with Crippen LogP contribution in [0.15, 0.2) is 41.2 Å². The first-order chi connectivity index (χ1) is 11.5. The summed E-state index contributed by atoms with van der Waals surface area (Å²) in [6.45, 7) is 1.74. The molecule has 1 heterocycles. The summed E-state index contributed by atoms with van der Waals surface area (Å²) in [4.78, 5) is 41.3. The lowest BCUT2D eigenvalue weighted by molar-refractivity contribution is -0.132. The predicted molar refractivity (Wildman–Crippen MR) is 91.1 cm³/mol. The van der Waals surface area contributed by atoms with Gasteiger partial charge in [-0.25, -0.2) is 4.98 Å². The average molecular weight is 320 g/mol. The van der Waals surface area contributed by atoms with Gasteiger partial charge in [0.25, 0.3) is 5.56 Å². The molecule has 1 aliphatic rings. The van der Waals surface area contributed by atoms with Crippen LogP contribution < -0.4 is 5.56 Å². The first kappa shape index (κ1) is 14.8. The molecule has 1 unspecified atom stereocenters. The van der Waals surface area contributed by atoms with Crippen LogP contribution in [-0.4, -0.2) is 21.1 Å². The smallest absolute Gasteiger partial charge is 0.262 e. The second kappa shape index (κ2) is 5.37. The molecule has 24 heavy (non-hydrogen) atoms. The highest BCUT2D eigenvalue weighted by molar-refractivity contribution is 6.03. The van der Waals surface area contributed by atoms with Crippen LogP contribution >= 0.6 is 0 Å². The number of aryl methyl sites for hydroxylation is 1. The van der Waals surface area contributed by atoms with E-state index in [-0.39, 0.29) is 23.5 Å². The van der Waals surface area contributed by atoms with E-state index in [9.17, 15) is 14.4 Å². The summed E-state index contributed by atoms with van der Waals surface area (Å²) in [7, 11) is 0. The maximum absolute atomic E-state index is 13.0. The molecule has 1 saturated carbocycles. The van der Waals surface area contributed by atoms with Gasteiger partial charge < -0.3 is 0 Å². The number of rotatable bonds is 1. The van der Waals surface area contributed by atoms with Crippen LogP contribution in [0.25, 0.3) is 21.7 Å². The molecule has 120 valence electrons. The molecule has 5 heteroatoms. The minimum atomic E-state index is -0.585. The molecule has 0 N–H and O–H groups in total. The minimum absolute atomic E-state index is 0.0540. The summed E-state index contributed by atoms with van der Waals surface area (Å²) in [6, 6.07) is 10.9. The van der Waals surface area contributed by atoms with Crippen LogP contribution in [0.1, 0.15) is 31.1 Å². The second-order valence-corrected chi connectivity index (χ2v) is 6.29. The van der Waals surface area contributed by atoms with E-state index in [1.54, 1.807) is 6.92 Å². The zero-order valence-electron chi connectivity index (χ0n) is 13.3. The summed E-state index contributed by atoms with van der Waals surface area (Å²) >= 11 is 0. The summed E-state index contributed by atoms with van der Waals surface area (Å²) in [6.07, 6.45) is 0.615. The monoisotopic (exact) mass is 320 g/mol. The number of carbonyl (C=O) groups excluding carboxylic acids is 2. The van der Waals surface area contributed by atoms with Gasteiger partial charge in [-0.3, -0.25) is 19.0 Å². The third-order valence-corrected chi connectivity index (χ3v) is 4.70. The van der Waals surface area contributed by atoms with Gasteiger partial charge in [-0.1, -0.05) is 24.3 Å². The average Bonchev–Trinajstić information content (AvgIpc) is 2.55. The van der Waals surface area contributed by atoms with E-state index in [1.165, 1.54) is 4.57 Å². The van der Waals surface area contributed by atoms with E-state index >= 15 is 0 Å². The fraction of sp³-hybridized carbons (Fsp3) is 0.263. The van der Waals surface area contributed by atoms with E-state index in [1.807, 2.05) is 36.4 Å².